The minimum absolute atomic E-state index is 0.321. The van der Waals surface area contributed by atoms with Gasteiger partial charge < -0.3 is 9.52 Å². The Morgan fingerprint density at radius 3 is 2.73 bits per heavy atom. The van der Waals surface area contributed by atoms with Crippen molar-refractivity contribution in [1.29, 1.82) is 0 Å². The van der Waals surface area contributed by atoms with Gasteiger partial charge in [-0.2, -0.15) is 0 Å². The molecule has 1 atom stereocenters. The molecule has 2 nitrogen and oxygen atoms in total. The van der Waals surface area contributed by atoms with Gasteiger partial charge in [-0.3, -0.25) is 0 Å². The Labute approximate surface area is 87.0 Å². The van der Waals surface area contributed by atoms with Crippen molar-refractivity contribution in [2.75, 3.05) is 0 Å². The van der Waals surface area contributed by atoms with Crippen LogP contribution in [0.2, 0.25) is 0 Å². The molecule has 0 bridgehead atoms. The summed E-state index contributed by atoms with van der Waals surface area (Å²) in [5.74, 6) is 0.0939. The average Bonchev–Trinajstić information content (AvgIpc) is 2.74. The van der Waals surface area contributed by atoms with Gasteiger partial charge in [0.25, 0.3) is 0 Å². The molecule has 0 aliphatic heterocycles. The third kappa shape index (κ3) is 1.92. The van der Waals surface area contributed by atoms with Crippen LogP contribution in [0, 0.1) is 12.7 Å². The van der Waals surface area contributed by atoms with Crippen molar-refractivity contribution in [1.82, 2.24) is 0 Å². The normalized spacial score (nSPS) is 12.7. The minimum Gasteiger partial charge on any atom is -0.466 e. The number of hydrogen-bond acceptors (Lipinski definition) is 2. The molecule has 1 unspecified atom stereocenters. The predicted octanol–water partition coefficient (Wildman–Crippen LogP) is 2.81. The molecule has 0 aliphatic rings. The summed E-state index contributed by atoms with van der Waals surface area (Å²) in [4.78, 5) is 0. The van der Waals surface area contributed by atoms with Crippen LogP contribution in [0.3, 0.4) is 0 Å². The fourth-order valence-electron chi connectivity index (χ4n) is 1.39. The van der Waals surface area contributed by atoms with E-state index in [1.807, 2.05) is 0 Å². The Hall–Kier alpha value is -1.61. The second kappa shape index (κ2) is 3.87. The average molecular weight is 206 g/mol. The molecule has 0 amide bonds. The van der Waals surface area contributed by atoms with Gasteiger partial charge in [0.15, 0.2) is 0 Å². The van der Waals surface area contributed by atoms with E-state index in [4.69, 9.17) is 4.42 Å². The highest BCUT2D eigenvalue weighted by atomic mass is 19.1. The van der Waals surface area contributed by atoms with Crippen molar-refractivity contribution in [2.24, 2.45) is 0 Å². The molecule has 0 spiro atoms. The summed E-state index contributed by atoms with van der Waals surface area (Å²) in [6.07, 6.45) is 0.568. The maximum atomic E-state index is 13.2. The third-order valence-electron chi connectivity index (χ3n) is 2.32. The van der Waals surface area contributed by atoms with Gasteiger partial charge in [-0.1, -0.05) is 12.1 Å². The van der Waals surface area contributed by atoms with Crippen LogP contribution in [-0.4, -0.2) is 5.11 Å². The molecule has 0 fully saturated rings. The molecule has 3 heteroatoms. The Morgan fingerprint density at radius 2 is 2.13 bits per heavy atom. The molecular formula is C12H11FO2. The topological polar surface area (TPSA) is 33.4 Å². The zero-order valence-electron chi connectivity index (χ0n) is 8.27. The van der Waals surface area contributed by atoms with Crippen LogP contribution in [0.4, 0.5) is 4.39 Å². The fraction of sp³-hybridized carbons (Fsp3) is 0.167. The summed E-state index contributed by atoms with van der Waals surface area (Å²) in [7, 11) is 0. The first-order valence-electron chi connectivity index (χ1n) is 4.66. The number of halogens is 1. The van der Waals surface area contributed by atoms with Gasteiger partial charge in [-0.15, -0.1) is 0 Å². The van der Waals surface area contributed by atoms with E-state index in [0.717, 1.165) is 0 Å². The Morgan fingerprint density at radius 1 is 1.33 bits per heavy atom. The molecule has 1 aromatic heterocycles. The molecule has 0 saturated carbocycles. The third-order valence-corrected chi connectivity index (χ3v) is 2.32. The predicted molar refractivity (Wildman–Crippen MR) is 53.9 cm³/mol. The van der Waals surface area contributed by atoms with E-state index in [1.54, 1.807) is 31.2 Å². The maximum absolute atomic E-state index is 13.2. The van der Waals surface area contributed by atoms with E-state index < -0.39 is 6.10 Å². The maximum Gasteiger partial charge on any atom is 0.137 e. The number of aryl methyl sites for hydroxylation is 1. The summed E-state index contributed by atoms with van der Waals surface area (Å²) in [6, 6.07) is 7.98. The molecule has 2 aromatic rings. The zero-order valence-corrected chi connectivity index (χ0v) is 8.27. The van der Waals surface area contributed by atoms with Gasteiger partial charge in [-0.05, 0) is 36.2 Å². The lowest BCUT2D eigenvalue weighted by atomic mass is 10.1. The first-order valence-corrected chi connectivity index (χ1v) is 4.66. The molecule has 15 heavy (non-hydrogen) atoms. The van der Waals surface area contributed by atoms with Crippen LogP contribution in [-0.2, 0) is 0 Å². The number of hydrogen-bond donors (Lipinski definition) is 1. The summed E-state index contributed by atoms with van der Waals surface area (Å²) >= 11 is 0. The second-order valence-electron chi connectivity index (χ2n) is 3.43. The van der Waals surface area contributed by atoms with Crippen LogP contribution >= 0.6 is 0 Å². The van der Waals surface area contributed by atoms with Crippen LogP contribution in [0.1, 0.15) is 23.0 Å². The van der Waals surface area contributed by atoms with E-state index in [1.165, 1.54) is 12.3 Å². The summed E-state index contributed by atoms with van der Waals surface area (Å²) < 4.78 is 18.3. The fourth-order valence-corrected chi connectivity index (χ4v) is 1.39. The second-order valence-corrected chi connectivity index (χ2v) is 3.43. The lowest BCUT2D eigenvalue weighted by molar-refractivity contribution is 0.189. The largest absolute Gasteiger partial charge is 0.466 e. The van der Waals surface area contributed by atoms with Gasteiger partial charge >= 0.3 is 0 Å². The van der Waals surface area contributed by atoms with Crippen LogP contribution < -0.4 is 0 Å². The van der Waals surface area contributed by atoms with E-state index in [-0.39, 0.29) is 5.82 Å². The number of aliphatic hydroxyl groups is 1. The van der Waals surface area contributed by atoms with E-state index in [9.17, 15) is 9.50 Å². The van der Waals surface area contributed by atoms with Crippen LogP contribution in [0.15, 0.2) is 41.0 Å². The Balaban J connectivity index is 2.34. The minimum atomic E-state index is -0.907. The molecular weight excluding hydrogens is 195 g/mol. The lowest BCUT2D eigenvalue weighted by Crippen LogP contribution is -1.99. The van der Waals surface area contributed by atoms with E-state index >= 15 is 0 Å². The van der Waals surface area contributed by atoms with E-state index in [0.29, 0.717) is 16.9 Å². The SMILES string of the molecule is Cc1ccc(C(O)c2ccco2)cc1F. The van der Waals surface area contributed by atoms with Crippen molar-refractivity contribution in [3.63, 3.8) is 0 Å². The van der Waals surface area contributed by atoms with Crippen molar-refractivity contribution < 1.29 is 13.9 Å². The van der Waals surface area contributed by atoms with Crippen molar-refractivity contribution in [3.8, 4) is 0 Å². The molecule has 1 aromatic carbocycles. The van der Waals surface area contributed by atoms with Gasteiger partial charge in [-0.25, -0.2) is 4.39 Å². The molecule has 0 saturated heterocycles. The van der Waals surface area contributed by atoms with Gasteiger partial charge in [0.05, 0.1) is 6.26 Å². The number of aliphatic hydroxyl groups excluding tert-OH is 1. The Bertz CT molecular complexity index is 449. The molecule has 1 heterocycles. The number of benzene rings is 1. The number of furan rings is 1. The first-order chi connectivity index (χ1) is 7.18. The highest BCUT2D eigenvalue weighted by Gasteiger charge is 2.13. The number of rotatable bonds is 2. The quantitative estimate of drug-likeness (QED) is 0.819. The highest BCUT2D eigenvalue weighted by Crippen LogP contribution is 2.23. The Kier molecular flexibility index (Phi) is 2.56. The monoisotopic (exact) mass is 206 g/mol. The smallest absolute Gasteiger partial charge is 0.137 e. The van der Waals surface area contributed by atoms with Crippen LogP contribution in [0.5, 0.6) is 0 Å². The highest BCUT2D eigenvalue weighted by molar-refractivity contribution is 5.28. The molecule has 0 radical (unpaired) electrons. The molecule has 2 rings (SSSR count). The summed E-state index contributed by atoms with van der Waals surface area (Å²) in [6.45, 7) is 1.68. The van der Waals surface area contributed by atoms with Gasteiger partial charge in [0.2, 0.25) is 0 Å². The molecule has 1 N–H and O–H groups in total. The summed E-state index contributed by atoms with van der Waals surface area (Å²) in [5.41, 5.74) is 1.05. The molecule has 78 valence electrons. The molecule has 0 aliphatic carbocycles. The van der Waals surface area contributed by atoms with Gasteiger partial charge in [0.1, 0.15) is 17.7 Å². The zero-order chi connectivity index (χ0) is 10.8. The van der Waals surface area contributed by atoms with E-state index in [2.05, 4.69) is 0 Å². The van der Waals surface area contributed by atoms with Crippen molar-refractivity contribution in [3.05, 3.63) is 59.3 Å². The standard InChI is InChI=1S/C12H11FO2/c1-8-4-5-9(7-10(8)13)12(14)11-3-2-6-15-11/h2-7,12,14H,1H3. The van der Waals surface area contributed by atoms with Crippen molar-refractivity contribution in [2.45, 2.75) is 13.0 Å². The summed E-state index contributed by atoms with van der Waals surface area (Å²) in [5, 5.41) is 9.84. The van der Waals surface area contributed by atoms with Crippen LogP contribution in [0.25, 0.3) is 0 Å². The van der Waals surface area contributed by atoms with Gasteiger partial charge in [0, 0.05) is 0 Å². The lowest BCUT2D eigenvalue weighted by Gasteiger charge is -2.08. The first kappa shape index (κ1) is 9.93. The van der Waals surface area contributed by atoms with Crippen molar-refractivity contribution >= 4 is 0 Å².